The Kier molecular flexibility index (Phi) is 5.77. The van der Waals surface area contributed by atoms with Crippen molar-refractivity contribution in [3.8, 4) is 34.4 Å². The van der Waals surface area contributed by atoms with Gasteiger partial charge in [0.1, 0.15) is 0 Å². The number of pyridine rings is 1. The van der Waals surface area contributed by atoms with Crippen LogP contribution in [-0.2, 0) is 0 Å². The van der Waals surface area contributed by atoms with Gasteiger partial charge in [0.15, 0.2) is 11.6 Å². The molecule has 6 aromatic carbocycles. The summed E-state index contributed by atoms with van der Waals surface area (Å²) < 4.78 is 4.61. The molecule has 0 N–H and O–H groups in total. The van der Waals surface area contributed by atoms with Gasteiger partial charge in [0.05, 0.1) is 22.1 Å². The predicted molar refractivity (Wildman–Crippen MR) is 195 cm³/mol. The zero-order valence-corrected chi connectivity index (χ0v) is 25.7. The number of para-hydroxylation sites is 2. The summed E-state index contributed by atoms with van der Waals surface area (Å²) in [5.74, 6) is 1.80. The van der Waals surface area contributed by atoms with Gasteiger partial charge in [0.25, 0.3) is 0 Å². The fraction of sp³-hybridized carbons (Fsp3) is 0. The van der Waals surface area contributed by atoms with E-state index < -0.39 is 0 Å². The molecule has 10 rings (SSSR count). The lowest BCUT2D eigenvalue weighted by Crippen LogP contribution is -2.07. The Morgan fingerprint density at radius 3 is 1.73 bits per heavy atom. The van der Waals surface area contributed by atoms with E-state index in [-0.39, 0.29) is 0 Å². The van der Waals surface area contributed by atoms with Crippen molar-refractivity contribution in [3.63, 3.8) is 0 Å². The Hall–Kier alpha value is -6.66. The third-order valence-corrected chi connectivity index (χ3v) is 9.22. The summed E-state index contributed by atoms with van der Waals surface area (Å²) in [5.41, 5.74) is 7.23. The second kappa shape index (κ2) is 10.4. The van der Waals surface area contributed by atoms with Crippen LogP contribution in [0.4, 0.5) is 0 Å². The van der Waals surface area contributed by atoms with Crippen molar-refractivity contribution in [2.24, 2.45) is 0 Å². The molecule has 0 saturated heterocycles. The van der Waals surface area contributed by atoms with Crippen LogP contribution in [0.3, 0.4) is 0 Å². The van der Waals surface area contributed by atoms with E-state index in [4.69, 9.17) is 15.0 Å². The Morgan fingerprint density at radius 1 is 0.417 bits per heavy atom. The number of nitrogens with zero attached hydrogens (tertiary/aromatic N) is 6. The average molecular weight is 615 g/mol. The highest BCUT2D eigenvalue weighted by Gasteiger charge is 2.23. The fourth-order valence-corrected chi connectivity index (χ4v) is 7.08. The zero-order valence-electron chi connectivity index (χ0n) is 25.7. The fourth-order valence-electron chi connectivity index (χ4n) is 7.08. The number of benzene rings is 6. The van der Waals surface area contributed by atoms with Crippen LogP contribution in [0.5, 0.6) is 0 Å². The van der Waals surface area contributed by atoms with E-state index in [0.29, 0.717) is 17.6 Å². The molecular weight excluding hydrogens is 589 g/mol. The normalized spacial score (nSPS) is 11.8. The number of aromatic nitrogens is 6. The van der Waals surface area contributed by atoms with Gasteiger partial charge in [0.2, 0.25) is 5.95 Å². The van der Waals surface area contributed by atoms with Crippen molar-refractivity contribution < 1.29 is 0 Å². The largest absolute Gasteiger partial charge is 0.307 e. The van der Waals surface area contributed by atoms with Gasteiger partial charge in [-0.1, -0.05) is 109 Å². The molecule has 0 amide bonds. The Morgan fingerprint density at radius 2 is 1.02 bits per heavy atom. The molecule has 0 atom stereocenters. The van der Waals surface area contributed by atoms with Crippen LogP contribution in [0.25, 0.3) is 88.8 Å². The SMILES string of the molecule is c1ccc(-c2nc(-c3ccccc3)nc(-n3c4cc5cnccc5cc4c4ccc5c6ccccc6n(-c6ccccc6)c5c43)n2)cc1. The van der Waals surface area contributed by atoms with Crippen molar-refractivity contribution in [1.82, 2.24) is 29.1 Å². The minimum absolute atomic E-state index is 0.559. The van der Waals surface area contributed by atoms with Crippen LogP contribution in [0, 0.1) is 0 Å². The summed E-state index contributed by atoms with van der Waals surface area (Å²) in [5, 5.41) is 6.78. The molecule has 0 fully saturated rings. The van der Waals surface area contributed by atoms with Crippen LogP contribution in [0.15, 0.2) is 158 Å². The molecule has 0 saturated carbocycles. The van der Waals surface area contributed by atoms with Crippen LogP contribution in [0.2, 0.25) is 0 Å². The van der Waals surface area contributed by atoms with Gasteiger partial charge in [-0.05, 0) is 41.8 Å². The summed E-state index contributed by atoms with van der Waals surface area (Å²) in [6.07, 6.45) is 3.77. The van der Waals surface area contributed by atoms with Gasteiger partial charge in [-0.2, -0.15) is 9.97 Å². The first-order valence-electron chi connectivity index (χ1n) is 16.0. The molecule has 0 bridgehead atoms. The Bertz CT molecular complexity index is 2760. The molecule has 0 aliphatic rings. The Balaban J connectivity index is 1.43. The molecule has 0 unspecified atom stereocenters. The monoisotopic (exact) mass is 614 g/mol. The number of rotatable bonds is 4. The standard InChI is InChI=1S/C42H26N6/c1-4-12-27(13-5-1)40-44-41(28-14-6-2-7-15-28)46-42(45-40)48-37-25-30-26-43-23-22-29(30)24-35(37)34-21-20-33-32-18-10-11-19-36(32)47(38(33)39(34)48)31-16-8-3-9-17-31/h1-26H. The second-order valence-electron chi connectivity index (χ2n) is 12.0. The van der Waals surface area contributed by atoms with Crippen LogP contribution in [0.1, 0.15) is 0 Å². The van der Waals surface area contributed by atoms with Crippen molar-refractivity contribution in [2.75, 3.05) is 0 Å². The van der Waals surface area contributed by atoms with Crippen LogP contribution < -0.4 is 0 Å². The second-order valence-corrected chi connectivity index (χ2v) is 12.0. The molecule has 4 aromatic heterocycles. The lowest BCUT2D eigenvalue weighted by molar-refractivity contribution is 0.954. The van der Waals surface area contributed by atoms with Crippen molar-refractivity contribution in [2.45, 2.75) is 0 Å². The quantitative estimate of drug-likeness (QED) is 0.198. The van der Waals surface area contributed by atoms with E-state index in [1.807, 2.05) is 73.1 Å². The maximum absolute atomic E-state index is 5.23. The molecule has 6 heteroatoms. The molecule has 4 heterocycles. The minimum atomic E-state index is 0.559. The maximum Gasteiger partial charge on any atom is 0.238 e. The molecule has 10 aromatic rings. The van der Waals surface area contributed by atoms with Gasteiger partial charge in [-0.15, -0.1) is 0 Å². The number of fused-ring (bicyclic) bond motifs is 8. The molecule has 0 spiro atoms. The number of hydrogen-bond donors (Lipinski definition) is 0. The van der Waals surface area contributed by atoms with Gasteiger partial charge >= 0.3 is 0 Å². The Labute approximate surface area is 275 Å². The van der Waals surface area contributed by atoms with Gasteiger partial charge in [0, 0.05) is 56.1 Å². The smallest absolute Gasteiger partial charge is 0.238 e. The first-order valence-corrected chi connectivity index (χ1v) is 16.0. The van der Waals surface area contributed by atoms with Gasteiger partial charge < -0.3 is 4.57 Å². The summed E-state index contributed by atoms with van der Waals surface area (Å²) >= 11 is 0. The lowest BCUT2D eigenvalue weighted by Gasteiger charge is -2.13. The zero-order chi connectivity index (χ0) is 31.6. The maximum atomic E-state index is 5.23. The van der Waals surface area contributed by atoms with E-state index in [9.17, 15) is 0 Å². The van der Waals surface area contributed by atoms with E-state index in [1.54, 1.807) is 0 Å². The first-order chi connectivity index (χ1) is 23.8. The predicted octanol–water partition coefficient (Wildman–Crippen LogP) is 9.95. The first kappa shape index (κ1) is 26.5. The summed E-state index contributed by atoms with van der Waals surface area (Å²) in [6.45, 7) is 0. The van der Waals surface area contributed by atoms with Gasteiger partial charge in [-0.25, -0.2) is 4.98 Å². The highest BCUT2D eigenvalue weighted by atomic mass is 15.2. The van der Waals surface area contributed by atoms with Crippen LogP contribution >= 0.6 is 0 Å². The highest BCUT2D eigenvalue weighted by molar-refractivity contribution is 6.24. The van der Waals surface area contributed by atoms with E-state index >= 15 is 0 Å². The van der Waals surface area contributed by atoms with Crippen molar-refractivity contribution >= 4 is 54.4 Å². The molecule has 0 aliphatic heterocycles. The van der Waals surface area contributed by atoms with E-state index in [2.05, 4.69) is 99.0 Å². The number of hydrogen-bond acceptors (Lipinski definition) is 4. The third-order valence-electron chi connectivity index (χ3n) is 9.22. The van der Waals surface area contributed by atoms with E-state index in [1.165, 1.54) is 5.39 Å². The lowest BCUT2D eigenvalue weighted by atomic mass is 10.1. The minimum Gasteiger partial charge on any atom is -0.307 e. The molecule has 0 aliphatic carbocycles. The van der Waals surface area contributed by atoms with Crippen LogP contribution in [-0.4, -0.2) is 29.1 Å². The molecule has 6 nitrogen and oxygen atoms in total. The summed E-state index contributed by atoms with van der Waals surface area (Å²) in [4.78, 5) is 19.9. The van der Waals surface area contributed by atoms with Crippen molar-refractivity contribution in [3.05, 3.63) is 158 Å². The molecule has 224 valence electrons. The van der Waals surface area contributed by atoms with Crippen molar-refractivity contribution in [1.29, 1.82) is 0 Å². The summed E-state index contributed by atoms with van der Waals surface area (Å²) in [6, 6.07) is 50.5. The average Bonchev–Trinajstić information content (AvgIpc) is 3.67. The molecule has 0 radical (unpaired) electrons. The van der Waals surface area contributed by atoms with Gasteiger partial charge in [-0.3, -0.25) is 9.55 Å². The van der Waals surface area contributed by atoms with E-state index in [0.717, 1.165) is 65.8 Å². The highest BCUT2D eigenvalue weighted by Crippen LogP contribution is 2.42. The summed E-state index contributed by atoms with van der Waals surface area (Å²) in [7, 11) is 0. The topological polar surface area (TPSA) is 61.4 Å². The molecule has 48 heavy (non-hydrogen) atoms. The molecular formula is C42H26N6. The third kappa shape index (κ3) is 3.99.